The van der Waals surface area contributed by atoms with Crippen molar-refractivity contribution in [1.29, 1.82) is 0 Å². The Labute approximate surface area is 233 Å². The molecule has 0 fully saturated rings. The lowest BCUT2D eigenvalue weighted by atomic mass is 10.1. The Morgan fingerprint density at radius 3 is 2.46 bits per heavy atom. The van der Waals surface area contributed by atoms with Crippen LogP contribution in [0.25, 0.3) is 11.0 Å². The fraction of sp³-hybridized carbons (Fsp3) is 0.516. The second kappa shape index (κ2) is 14.6. The number of amides is 2. The Morgan fingerprint density at radius 2 is 1.79 bits per heavy atom. The SMILES string of the molecule is CCC(Cc1nc2ccccc2n1CCCNC(=O)C(C)CC)OC(=O)Nc1ccc(N(CC)CC)cc1C. The van der Waals surface area contributed by atoms with Crippen LogP contribution in [-0.4, -0.2) is 47.3 Å². The minimum atomic E-state index is -0.462. The molecule has 2 aromatic carbocycles. The van der Waals surface area contributed by atoms with Crippen molar-refractivity contribution in [1.82, 2.24) is 14.9 Å². The van der Waals surface area contributed by atoms with E-state index >= 15 is 0 Å². The molecule has 0 aliphatic carbocycles. The van der Waals surface area contributed by atoms with Crippen LogP contribution in [0, 0.1) is 12.8 Å². The van der Waals surface area contributed by atoms with E-state index < -0.39 is 6.09 Å². The number of rotatable bonds is 14. The predicted molar refractivity (Wildman–Crippen MR) is 159 cm³/mol. The van der Waals surface area contributed by atoms with Crippen molar-refractivity contribution in [2.45, 2.75) is 79.9 Å². The van der Waals surface area contributed by atoms with Crippen molar-refractivity contribution in [3.8, 4) is 0 Å². The van der Waals surface area contributed by atoms with Crippen LogP contribution >= 0.6 is 0 Å². The number of imidazole rings is 1. The topological polar surface area (TPSA) is 88.5 Å². The van der Waals surface area contributed by atoms with E-state index in [9.17, 15) is 9.59 Å². The number of ether oxygens (including phenoxy) is 1. The molecule has 0 spiro atoms. The summed E-state index contributed by atoms with van der Waals surface area (Å²) in [5.41, 5.74) is 4.84. The van der Waals surface area contributed by atoms with E-state index in [2.05, 4.69) is 46.1 Å². The van der Waals surface area contributed by atoms with Crippen LogP contribution in [-0.2, 0) is 22.5 Å². The first-order valence-corrected chi connectivity index (χ1v) is 14.4. The third-order valence-electron chi connectivity index (χ3n) is 7.37. The Bertz CT molecular complexity index is 1230. The molecule has 3 aromatic rings. The Morgan fingerprint density at radius 1 is 1.05 bits per heavy atom. The highest BCUT2D eigenvalue weighted by Crippen LogP contribution is 2.24. The first-order valence-electron chi connectivity index (χ1n) is 14.4. The zero-order chi connectivity index (χ0) is 28.4. The number of anilines is 2. The first kappa shape index (κ1) is 30.0. The normalized spacial score (nSPS) is 12.7. The molecule has 3 rings (SSSR count). The average molecular weight is 536 g/mol. The number of nitrogens with one attached hydrogen (secondary N) is 2. The van der Waals surface area contributed by atoms with Crippen LogP contribution < -0.4 is 15.5 Å². The van der Waals surface area contributed by atoms with Crippen LogP contribution in [0.4, 0.5) is 16.2 Å². The van der Waals surface area contributed by atoms with Gasteiger partial charge in [0.2, 0.25) is 5.91 Å². The summed E-state index contributed by atoms with van der Waals surface area (Å²) in [5.74, 6) is 0.993. The van der Waals surface area contributed by atoms with E-state index in [1.54, 1.807) is 0 Å². The number of carbonyl (C=O) groups excluding carboxylic acids is 2. The lowest BCUT2D eigenvalue weighted by molar-refractivity contribution is -0.124. The lowest BCUT2D eigenvalue weighted by Crippen LogP contribution is -2.30. The number of fused-ring (bicyclic) bond motifs is 1. The standard InChI is InChI=1S/C31H45N5O3/c1-7-22(5)30(37)32-18-13-19-36-28-15-12-11-14-27(28)33-29(36)21-25(8-2)39-31(38)34-26-17-16-24(20-23(26)6)35(9-3)10-4/h11-12,14-17,20,22,25H,7-10,13,18-19,21H2,1-6H3,(H,32,37)(H,34,38). The third kappa shape index (κ3) is 7.97. The Hall–Kier alpha value is -3.55. The quantitative estimate of drug-likeness (QED) is 0.236. The van der Waals surface area contributed by atoms with E-state index in [4.69, 9.17) is 9.72 Å². The second-order valence-electron chi connectivity index (χ2n) is 10.1. The number of nitrogens with zero attached hydrogens (tertiary/aromatic N) is 3. The summed E-state index contributed by atoms with van der Waals surface area (Å²) >= 11 is 0. The van der Waals surface area contributed by atoms with E-state index in [1.165, 1.54) is 0 Å². The van der Waals surface area contributed by atoms with Gasteiger partial charge in [-0.2, -0.15) is 0 Å². The third-order valence-corrected chi connectivity index (χ3v) is 7.37. The molecule has 2 unspecified atom stereocenters. The van der Waals surface area contributed by atoms with Gasteiger partial charge in [0.25, 0.3) is 0 Å². The molecule has 0 bridgehead atoms. The van der Waals surface area contributed by atoms with Crippen molar-refractivity contribution in [2.24, 2.45) is 5.92 Å². The summed E-state index contributed by atoms with van der Waals surface area (Å²) in [6, 6.07) is 14.1. The molecular weight excluding hydrogens is 490 g/mol. The summed E-state index contributed by atoms with van der Waals surface area (Å²) < 4.78 is 8.04. The van der Waals surface area contributed by atoms with E-state index in [1.807, 2.05) is 58.0 Å². The molecule has 1 aromatic heterocycles. The summed E-state index contributed by atoms with van der Waals surface area (Å²) in [5, 5.41) is 5.96. The van der Waals surface area contributed by atoms with Gasteiger partial charge in [-0.15, -0.1) is 0 Å². The molecule has 2 amide bonds. The maximum absolute atomic E-state index is 12.9. The van der Waals surface area contributed by atoms with Crippen molar-refractivity contribution < 1.29 is 14.3 Å². The van der Waals surface area contributed by atoms with Crippen molar-refractivity contribution in [3.63, 3.8) is 0 Å². The highest BCUT2D eigenvalue weighted by atomic mass is 16.6. The molecule has 2 N–H and O–H groups in total. The highest BCUT2D eigenvalue weighted by Gasteiger charge is 2.19. The number of benzene rings is 2. The van der Waals surface area contributed by atoms with Crippen LogP contribution in [0.2, 0.25) is 0 Å². The number of carbonyl (C=O) groups is 2. The molecule has 1 heterocycles. The van der Waals surface area contributed by atoms with Gasteiger partial charge < -0.3 is 19.5 Å². The van der Waals surface area contributed by atoms with Gasteiger partial charge >= 0.3 is 6.09 Å². The minimum absolute atomic E-state index is 0.0207. The van der Waals surface area contributed by atoms with Crippen molar-refractivity contribution >= 4 is 34.4 Å². The van der Waals surface area contributed by atoms with E-state index in [-0.39, 0.29) is 17.9 Å². The Balaban J connectivity index is 1.66. The van der Waals surface area contributed by atoms with Gasteiger partial charge in [0.1, 0.15) is 11.9 Å². The van der Waals surface area contributed by atoms with E-state index in [0.717, 1.165) is 66.3 Å². The summed E-state index contributed by atoms with van der Waals surface area (Å²) in [6.07, 6.45) is 2.02. The number of para-hydroxylation sites is 2. The molecule has 0 radical (unpaired) electrons. The van der Waals surface area contributed by atoms with Crippen LogP contribution in [0.15, 0.2) is 42.5 Å². The Kier molecular flexibility index (Phi) is 11.2. The van der Waals surface area contributed by atoms with Gasteiger partial charge in [0.15, 0.2) is 0 Å². The molecule has 0 saturated carbocycles. The first-order chi connectivity index (χ1) is 18.8. The maximum Gasteiger partial charge on any atom is 0.411 e. The molecule has 8 heteroatoms. The van der Waals surface area contributed by atoms with Gasteiger partial charge in [-0.25, -0.2) is 9.78 Å². The summed E-state index contributed by atoms with van der Waals surface area (Å²) in [6.45, 7) is 15.4. The van der Waals surface area contributed by atoms with Gasteiger partial charge in [0, 0.05) is 49.9 Å². The molecule has 0 saturated heterocycles. The van der Waals surface area contributed by atoms with Crippen LogP contribution in [0.3, 0.4) is 0 Å². The van der Waals surface area contributed by atoms with Crippen LogP contribution in [0.1, 0.15) is 65.3 Å². The smallest absolute Gasteiger partial charge is 0.411 e. The predicted octanol–water partition coefficient (Wildman–Crippen LogP) is 6.31. The molecular formula is C31H45N5O3. The molecule has 212 valence electrons. The van der Waals surface area contributed by atoms with Crippen molar-refractivity contribution in [2.75, 3.05) is 29.9 Å². The molecule has 0 aliphatic heterocycles. The second-order valence-corrected chi connectivity index (χ2v) is 10.1. The summed E-state index contributed by atoms with van der Waals surface area (Å²) in [4.78, 5) is 32.1. The lowest BCUT2D eigenvalue weighted by Gasteiger charge is -2.22. The monoisotopic (exact) mass is 535 g/mol. The fourth-order valence-electron chi connectivity index (χ4n) is 4.68. The number of hydrogen-bond donors (Lipinski definition) is 2. The zero-order valence-electron chi connectivity index (χ0n) is 24.4. The minimum Gasteiger partial charge on any atom is -0.446 e. The maximum atomic E-state index is 12.9. The molecule has 2 atom stereocenters. The van der Waals surface area contributed by atoms with Gasteiger partial charge in [0.05, 0.1) is 11.0 Å². The zero-order valence-corrected chi connectivity index (χ0v) is 24.4. The van der Waals surface area contributed by atoms with Gasteiger partial charge in [-0.1, -0.05) is 32.9 Å². The fourth-order valence-corrected chi connectivity index (χ4v) is 4.68. The van der Waals surface area contributed by atoms with Gasteiger partial charge in [-0.05, 0) is 75.9 Å². The van der Waals surface area contributed by atoms with E-state index in [0.29, 0.717) is 19.4 Å². The molecule has 39 heavy (non-hydrogen) atoms. The number of aryl methyl sites for hydroxylation is 2. The molecule has 0 aliphatic rings. The summed E-state index contributed by atoms with van der Waals surface area (Å²) in [7, 11) is 0. The highest BCUT2D eigenvalue weighted by molar-refractivity contribution is 5.86. The van der Waals surface area contributed by atoms with Gasteiger partial charge in [-0.3, -0.25) is 10.1 Å². The largest absolute Gasteiger partial charge is 0.446 e. The number of hydrogen-bond acceptors (Lipinski definition) is 5. The average Bonchev–Trinajstić information content (AvgIpc) is 3.28. The number of aromatic nitrogens is 2. The molecule has 8 nitrogen and oxygen atoms in total. The van der Waals surface area contributed by atoms with Crippen LogP contribution in [0.5, 0.6) is 0 Å². The van der Waals surface area contributed by atoms with Crippen molar-refractivity contribution in [3.05, 3.63) is 53.9 Å².